The molecule has 1 aromatic rings. The van der Waals surface area contributed by atoms with E-state index >= 15 is 0 Å². The lowest BCUT2D eigenvalue weighted by Gasteiger charge is -2.29. The number of para-hydroxylation sites is 1. The third-order valence-corrected chi connectivity index (χ3v) is 5.58. The highest BCUT2D eigenvalue weighted by molar-refractivity contribution is 5.20. The molecule has 0 aliphatic heterocycles. The molecule has 1 rings (SSSR count). The second kappa shape index (κ2) is 18.7. The monoisotopic (exact) mass is 503 g/mol. The Bertz CT molecular complexity index is 435. The van der Waals surface area contributed by atoms with Gasteiger partial charge in [0.05, 0.1) is 20.6 Å². The molecule has 0 amide bonds. The summed E-state index contributed by atoms with van der Waals surface area (Å²) in [6.07, 6.45) is 18.5. The van der Waals surface area contributed by atoms with Crippen LogP contribution in [0.4, 0.5) is 0 Å². The summed E-state index contributed by atoms with van der Waals surface area (Å²) in [6.45, 7) is 5.43. The van der Waals surface area contributed by atoms with Crippen molar-refractivity contribution in [3.05, 3.63) is 30.3 Å². The zero-order valence-electron chi connectivity index (χ0n) is 18.9. The maximum Gasteiger partial charge on any atom is 0.137 e. The number of benzene rings is 1. The molecule has 3 heteroatoms. The highest BCUT2D eigenvalue weighted by Crippen LogP contribution is 2.13. The molecule has 0 saturated heterocycles. The zero-order chi connectivity index (χ0) is 19.6. The van der Waals surface area contributed by atoms with Crippen molar-refractivity contribution in [1.29, 1.82) is 0 Å². The third-order valence-electron chi connectivity index (χ3n) is 5.58. The van der Waals surface area contributed by atoms with Gasteiger partial charge in [-0.15, -0.1) is 0 Å². The van der Waals surface area contributed by atoms with E-state index in [9.17, 15) is 0 Å². The fraction of sp³-hybridized carbons (Fsp3) is 0.760. The fourth-order valence-electron chi connectivity index (χ4n) is 3.60. The van der Waals surface area contributed by atoms with Crippen molar-refractivity contribution in [2.45, 2.75) is 90.4 Å². The molecule has 0 radical (unpaired) electrons. The fourth-order valence-corrected chi connectivity index (χ4v) is 3.60. The van der Waals surface area contributed by atoms with E-state index in [1.807, 2.05) is 30.3 Å². The van der Waals surface area contributed by atoms with Crippen LogP contribution in [0.3, 0.4) is 0 Å². The molecule has 0 fully saturated rings. The van der Waals surface area contributed by atoms with Crippen LogP contribution in [0, 0.1) is 0 Å². The lowest BCUT2D eigenvalue weighted by atomic mass is 10.0. The van der Waals surface area contributed by atoms with Gasteiger partial charge in [0.25, 0.3) is 0 Å². The lowest BCUT2D eigenvalue weighted by Crippen LogP contribution is -3.00. The van der Waals surface area contributed by atoms with Crippen LogP contribution in [-0.4, -0.2) is 38.3 Å². The van der Waals surface area contributed by atoms with Crippen LogP contribution in [0.25, 0.3) is 0 Å². The Balaban J connectivity index is 0.00000729. The molecule has 0 aliphatic carbocycles. The number of quaternary nitrogens is 1. The van der Waals surface area contributed by atoms with Gasteiger partial charge in [-0.05, 0) is 25.0 Å². The molecule has 0 bridgehead atoms. The van der Waals surface area contributed by atoms with Crippen molar-refractivity contribution in [3.63, 3.8) is 0 Å². The van der Waals surface area contributed by atoms with Gasteiger partial charge in [0.15, 0.2) is 0 Å². The summed E-state index contributed by atoms with van der Waals surface area (Å²) < 4.78 is 6.91. The average Bonchev–Trinajstić information content (AvgIpc) is 2.66. The third kappa shape index (κ3) is 16.6. The van der Waals surface area contributed by atoms with E-state index in [1.165, 1.54) is 90.0 Å². The first-order valence-electron chi connectivity index (χ1n) is 11.6. The molecule has 164 valence electrons. The van der Waals surface area contributed by atoms with E-state index in [1.54, 1.807) is 0 Å². The van der Waals surface area contributed by atoms with Gasteiger partial charge < -0.3 is 33.2 Å². The first-order chi connectivity index (χ1) is 13.1. The van der Waals surface area contributed by atoms with Crippen LogP contribution in [0.2, 0.25) is 0 Å². The number of hydrogen-bond acceptors (Lipinski definition) is 1. The topological polar surface area (TPSA) is 9.23 Å². The van der Waals surface area contributed by atoms with Gasteiger partial charge in [-0.25, -0.2) is 0 Å². The van der Waals surface area contributed by atoms with Crippen LogP contribution in [0.15, 0.2) is 30.3 Å². The number of ether oxygens (including phenoxy) is 1. The van der Waals surface area contributed by atoms with Gasteiger partial charge in [0.1, 0.15) is 18.9 Å². The van der Waals surface area contributed by atoms with Gasteiger partial charge in [-0.1, -0.05) is 95.8 Å². The molecular weight excluding hydrogens is 457 g/mol. The van der Waals surface area contributed by atoms with E-state index in [0.717, 1.165) is 23.4 Å². The molecule has 28 heavy (non-hydrogen) atoms. The van der Waals surface area contributed by atoms with Gasteiger partial charge in [-0.2, -0.15) is 0 Å². The Labute approximate surface area is 193 Å². The smallest absolute Gasteiger partial charge is 0.137 e. The summed E-state index contributed by atoms with van der Waals surface area (Å²) in [5.41, 5.74) is 0. The Morgan fingerprint density at radius 2 is 1.11 bits per heavy atom. The van der Waals surface area contributed by atoms with E-state index in [0.29, 0.717) is 0 Å². The zero-order valence-corrected chi connectivity index (χ0v) is 21.1. The summed E-state index contributed by atoms with van der Waals surface area (Å²) in [5, 5.41) is 0. The van der Waals surface area contributed by atoms with E-state index in [2.05, 4.69) is 21.0 Å². The number of likely N-dealkylation sites (N-methyl/N-ethyl adjacent to an activating group) is 1. The molecular formula is C25H46INO. The summed E-state index contributed by atoms with van der Waals surface area (Å²) >= 11 is 0. The van der Waals surface area contributed by atoms with E-state index < -0.39 is 0 Å². The van der Waals surface area contributed by atoms with Gasteiger partial charge in [-0.3, -0.25) is 0 Å². The average molecular weight is 504 g/mol. The summed E-state index contributed by atoms with van der Waals surface area (Å²) in [7, 11) is 4.66. The lowest BCUT2D eigenvalue weighted by molar-refractivity contribution is -0.890. The predicted octanol–water partition coefficient (Wildman–Crippen LogP) is 4.24. The van der Waals surface area contributed by atoms with Gasteiger partial charge in [0, 0.05) is 0 Å². The molecule has 0 saturated carbocycles. The van der Waals surface area contributed by atoms with Gasteiger partial charge in [0.2, 0.25) is 0 Å². The summed E-state index contributed by atoms with van der Waals surface area (Å²) in [5.74, 6) is 0.985. The minimum Gasteiger partial charge on any atom is -1.00 e. The minimum atomic E-state index is 0. The maximum atomic E-state index is 5.85. The molecule has 0 spiro atoms. The number of hydrogen-bond donors (Lipinski definition) is 0. The quantitative estimate of drug-likeness (QED) is 0.166. The molecule has 0 aliphatic rings. The van der Waals surface area contributed by atoms with Crippen molar-refractivity contribution in [2.75, 3.05) is 33.8 Å². The van der Waals surface area contributed by atoms with Crippen LogP contribution in [0.1, 0.15) is 90.4 Å². The number of rotatable bonds is 18. The second-order valence-electron chi connectivity index (χ2n) is 8.79. The highest BCUT2D eigenvalue weighted by atomic mass is 127. The molecule has 0 unspecified atom stereocenters. The van der Waals surface area contributed by atoms with Crippen LogP contribution >= 0.6 is 0 Å². The summed E-state index contributed by atoms with van der Waals surface area (Å²) in [4.78, 5) is 0. The molecule has 0 atom stereocenters. The number of unbranched alkanes of at least 4 members (excludes halogenated alkanes) is 12. The largest absolute Gasteiger partial charge is 1.00 e. The Hall–Kier alpha value is -0.290. The molecule has 0 aromatic heterocycles. The normalized spacial score (nSPS) is 11.2. The van der Waals surface area contributed by atoms with Crippen molar-refractivity contribution in [2.24, 2.45) is 0 Å². The van der Waals surface area contributed by atoms with Crippen molar-refractivity contribution >= 4 is 0 Å². The Morgan fingerprint density at radius 1 is 0.643 bits per heavy atom. The Kier molecular flexibility index (Phi) is 18.5. The highest BCUT2D eigenvalue weighted by Gasteiger charge is 2.14. The van der Waals surface area contributed by atoms with E-state index in [4.69, 9.17) is 4.74 Å². The molecule has 0 heterocycles. The number of halogens is 1. The van der Waals surface area contributed by atoms with Crippen LogP contribution in [0.5, 0.6) is 5.75 Å². The second-order valence-corrected chi connectivity index (χ2v) is 8.79. The summed E-state index contributed by atoms with van der Waals surface area (Å²) in [6, 6.07) is 10.2. The van der Waals surface area contributed by atoms with Crippen LogP contribution < -0.4 is 28.7 Å². The number of nitrogens with zero attached hydrogens (tertiary/aromatic N) is 1. The standard InChI is InChI=1S/C25H46NO.HI/c1-4-5-6-7-8-9-10-11-12-13-14-15-19-22-26(2,3)23-24-27-25-20-17-16-18-21-25;/h16-18,20-21H,4-15,19,22-24H2,1-3H3;1H/q+1;/p-1. The van der Waals surface area contributed by atoms with Crippen molar-refractivity contribution < 1.29 is 33.2 Å². The molecule has 0 N–H and O–H groups in total. The van der Waals surface area contributed by atoms with Gasteiger partial charge >= 0.3 is 0 Å². The predicted molar refractivity (Wildman–Crippen MR) is 119 cm³/mol. The SMILES string of the molecule is CCCCCCCCCCCCCCC[N+](C)(C)CCOc1ccccc1.[I-]. The van der Waals surface area contributed by atoms with Crippen molar-refractivity contribution in [1.82, 2.24) is 0 Å². The molecule has 1 aromatic carbocycles. The first-order valence-corrected chi connectivity index (χ1v) is 11.6. The molecule has 2 nitrogen and oxygen atoms in total. The van der Waals surface area contributed by atoms with Crippen molar-refractivity contribution in [3.8, 4) is 5.75 Å². The first kappa shape index (κ1) is 27.7. The Morgan fingerprint density at radius 3 is 1.61 bits per heavy atom. The minimum absolute atomic E-state index is 0. The maximum absolute atomic E-state index is 5.85. The van der Waals surface area contributed by atoms with E-state index in [-0.39, 0.29) is 24.0 Å². The van der Waals surface area contributed by atoms with Crippen LogP contribution in [-0.2, 0) is 0 Å².